The Morgan fingerprint density at radius 2 is 2.09 bits per heavy atom. The number of thiazole rings is 1. The number of carbonyl (C=O) groups excluding carboxylic acids is 1. The van der Waals surface area contributed by atoms with Gasteiger partial charge in [-0.05, 0) is 60.7 Å². The van der Waals surface area contributed by atoms with Crippen LogP contribution in [0.4, 0.5) is 9.52 Å². The molecule has 0 unspecified atom stereocenters. The monoisotopic (exact) mass is 470 g/mol. The molecular weight excluding hydrogens is 447 g/mol. The topological polar surface area (TPSA) is 60.2 Å². The third kappa shape index (κ3) is 5.66. The van der Waals surface area contributed by atoms with Crippen molar-refractivity contribution in [3.8, 4) is 5.75 Å². The van der Waals surface area contributed by atoms with E-state index >= 15 is 0 Å². The van der Waals surface area contributed by atoms with E-state index in [9.17, 15) is 9.18 Å². The molecule has 0 atom stereocenters. The SMILES string of the molecule is COc1ccc(SCCCC(=O)N(CCn2cccn2)c2nc3ccc(F)cc3s2)cc1. The summed E-state index contributed by atoms with van der Waals surface area (Å²) in [6.07, 6.45) is 4.73. The van der Waals surface area contributed by atoms with Crippen LogP contribution in [0.1, 0.15) is 12.8 Å². The Morgan fingerprint density at radius 1 is 1.25 bits per heavy atom. The van der Waals surface area contributed by atoms with Crippen molar-refractivity contribution in [2.45, 2.75) is 24.3 Å². The molecule has 4 aromatic rings. The molecule has 0 aliphatic carbocycles. The number of halogens is 1. The number of hydrogen-bond acceptors (Lipinski definition) is 6. The molecule has 1 amide bonds. The molecule has 0 N–H and O–H groups in total. The van der Waals surface area contributed by atoms with Gasteiger partial charge in [-0.2, -0.15) is 5.10 Å². The fourth-order valence-corrected chi connectivity index (χ4v) is 5.07. The molecule has 0 radical (unpaired) electrons. The lowest BCUT2D eigenvalue weighted by Crippen LogP contribution is -2.34. The third-order valence-electron chi connectivity index (χ3n) is 4.85. The van der Waals surface area contributed by atoms with Crippen LogP contribution in [0, 0.1) is 5.82 Å². The van der Waals surface area contributed by atoms with Crippen molar-refractivity contribution in [1.82, 2.24) is 14.8 Å². The summed E-state index contributed by atoms with van der Waals surface area (Å²) in [6.45, 7) is 1.01. The molecule has 0 bridgehead atoms. The van der Waals surface area contributed by atoms with Crippen LogP contribution in [-0.4, -0.2) is 40.1 Å². The molecule has 0 fully saturated rings. The highest BCUT2D eigenvalue weighted by molar-refractivity contribution is 7.99. The second-order valence-corrected chi connectivity index (χ2v) is 9.23. The Morgan fingerprint density at radius 3 is 2.84 bits per heavy atom. The Hall–Kier alpha value is -2.91. The Balaban J connectivity index is 1.40. The van der Waals surface area contributed by atoms with Gasteiger partial charge in [0.15, 0.2) is 5.13 Å². The van der Waals surface area contributed by atoms with E-state index in [0.29, 0.717) is 30.2 Å². The van der Waals surface area contributed by atoms with Gasteiger partial charge in [0.1, 0.15) is 11.6 Å². The molecule has 2 aromatic heterocycles. The van der Waals surface area contributed by atoms with Gasteiger partial charge in [-0.3, -0.25) is 14.4 Å². The van der Waals surface area contributed by atoms with Crippen molar-refractivity contribution in [2.75, 3.05) is 24.3 Å². The summed E-state index contributed by atoms with van der Waals surface area (Å²) in [5.41, 5.74) is 0.693. The molecule has 2 heterocycles. The Labute approximate surface area is 194 Å². The van der Waals surface area contributed by atoms with Crippen molar-refractivity contribution in [1.29, 1.82) is 0 Å². The van der Waals surface area contributed by atoms with E-state index in [1.165, 1.54) is 23.5 Å². The molecule has 166 valence electrons. The van der Waals surface area contributed by atoms with Gasteiger partial charge in [0.2, 0.25) is 5.91 Å². The summed E-state index contributed by atoms with van der Waals surface area (Å²) in [5, 5.41) is 4.81. The molecule has 2 aromatic carbocycles. The molecular formula is C23H23FN4O2S2. The van der Waals surface area contributed by atoms with Gasteiger partial charge in [-0.15, -0.1) is 11.8 Å². The quantitative estimate of drug-likeness (QED) is 0.234. The number of amides is 1. The van der Waals surface area contributed by atoms with E-state index < -0.39 is 0 Å². The molecule has 0 saturated heterocycles. The van der Waals surface area contributed by atoms with Crippen molar-refractivity contribution in [3.63, 3.8) is 0 Å². The van der Waals surface area contributed by atoms with Crippen molar-refractivity contribution >= 4 is 44.4 Å². The first-order valence-electron chi connectivity index (χ1n) is 10.2. The minimum Gasteiger partial charge on any atom is -0.497 e. The van der Waals surface area contributed by atoms with Crippen molar-refractivity contribution in [3.05, 3.63) is 66.7 Å². The van der Waals surface area contributed by atoms with Gasteiger partial charge in [0, 0.05) is 30.3 Å². The minimum atomic E-state index is -0.308. The zero-order valence-corrected chi connectivity index (χ0v) is 19.2. The smallest absolute Gasteiger partial charge is 0.228 e. The fourth-order valence-electron chi connectivity index (χ4n) is 3.18. The largest absolute Gasteiger partial charge is 0.497 e. The van der Waals surface area contributed by atoms with E-state index in [1.54, 1.807) is 40.7 Å². The minimum absolute atomic E-state index is 0.00650. The van der Waals surface area contributed by atoms with Crippen LogP contribution in [0.15, 0.2) is 65.8 Å². The number of carbonyl (C=O) groups is 1. The first kappa shape index (κ1) is 22.3. The van der Waals surface area contributed by atoms with E-state index in [4.69, 9.17) is 4.74 Å². The van der Waals surface area contributed by atoms with Crippen LogP contribution < -0.4 is 9.64 Å². The van der Waals surface area contributed by atoms with Crippen LogP contribution in [0.5, 0.6) is 5.75 Å². The van der Waals surface area contributed by atoms with Gasteiger partial charge in [0.05, 0.1) is 23.9 Å². The predicted molar refractivity (Wildman–Crippen MR) is 127 cm³/mol. The molecule has 0 saturated carbocycles. The zero-order valence-electron chi connectivity index (χ0n) is 17.6. The number of thioether (sulfide) groups is 1. The number of hydrogen-bond donors (Lipinski definition) is 0. The number of anilines is 1. The lowest BCUT2D eigenvalue weighted by atomic mass is 10.3. The van der Waals surface area contributed by atoms with Gasteiger partial charge in [-0.25, -0.2) is 9.37 Å². The standard InChI is InChI=1S/C23H23FN4O2S2/c1-30-18-6-8-19(9-7-18)31-15-2-4-22(29)28(14-13-27-12-3-11-25-27)23-26-20-10-5-17(24)16-21(20)32-23/h3,5-12,16H,2,4,13-15H2,1H3. The number of benzene rings is 2. The van der Waals surface area contributed by atoms with E-state index in [-0.39, 0.29) is 11.7 Å². The number of nitrogens with zero attached hydrogens (tertiary/aromatic N) is 4. The van der Waals surface area contributed by atoms with Crippen LogP contribution >= 0.6 is 23.1 Å². The second kappa shape index (κ2) is 10.6. The lowest BCUT2D eigenvalue weighted by Gasteiger charge is -2.20. The predicted octanol–water partition coefficient (Wildman–Crippen LogP) is 5.25. The van der Waals surface area contributed by atoms with E-state index in [1.807, 2.05) is 36.5 Å². The van der Waals surface area contributed by atoms with E-state index in [0.717, 1.165) is 27.5 Å². The van der Waals surface area contributed by atoms with Crippen molar-refractivity contribution < 1.29 is 13.9 Å². The number of rotatable bonds is 10. The maximum Gasteiger partial charge on any atom is 0.228 e. The average molecular weight is 471 g/mol. The molecule has 4 rings (SSSR count). The summed E-state index contributed by atoms with van der Waals surface area (Å²) in [4.78, 5) is 20.5. The summed E-state index contributed by atoms with van der Waals surface area (Å²) >= 11 is 3.04. The maximum absolute atomic E-state index is 13.6. The molecule has 32 heavy (non-hydrogen) atoms. The molecule has 9 heteroatoms. The first-order chi connectivity index (χ1) is 15.6. The highest BCUT2D eigenvalue weighted by atomic mass is 32.2. The lowest BCUT2D eigenvalue weighted by molar-refractivity contribution is -0.118. The molecule has 6 nitrogen and oxygen atoms in total. The highest BCUT2D eigenvalue weighted by Crippen LogP contribution is 2.30. The number of ether oxygens (including phenoxy) is 1. The number of fused-ring (bicyclic) bond motifs is 1. The molecule has 0 spiro atoms. The van der Waals surface area contributed by atoms with Crippen LogP contribution in [0.3, 0.4) is 0 Å². The maximum atomic E-state index is 13.6. The zero-order chi connectivity index (χ0) is 22.3. The van der Waals surface area contributed by atoms with Gasteiger partial charge in [-0.1, -0.05) is 11.3 Å². The van der Waals surface area contributed by atoms with Gasteiger partial charge < -0.3 is 4.74 Å². The molecule has 0 aliphatic heterocycles. The second-order valence-electron chi connectivity index (χ2n) is 7.05. The summed E-state index contributed by atoms with van der Waals surface area (Å²) < 4.78 is 21.3. The highest BCUT2D eigenvalue weighted by Gasteiger charge is 2.20. The molecule has 0 aliphatic rings. The van der Waals surface area contributed by atoms with Crippen LogP contribution in [0.2, 0.25) is 0 Å². The Kier molecular flexibility index (Phi) is 7.39. The van der Waals surface area contributed by atoms with Crippen molar-refractivity contribution in [2.24, 2.45) is 0 Å². The number of methoxy groups -OCH3 is 1. The summed E-state index contributed by atoms with van der Waals surface area (Å²) in [7, 11) is 1.65. The summed E-state index contributed by atoms with van der Waals surface area (Å²) in [6, 6.07) is 14.2. The van der Waals surface area contributed by atoms with Crippen LogP contribution in [0.25, 0.3) is 10.2 Å². The van der Waals surface area contributed by atoms with Gasteiger partial charge in [0.25, 0.3) is 0 Å². The van der Waals surface area contributed by atoms with Gasteiger partial charge >= 0.3 is 0 Å². The van der Waals surface area contributed by atoms with Crippen LogP contribution in [-0.2, 0) is 11.3 Å². The average Bonchev–Trinajstić information content (AvgIpc) is 3.47. The summed E-state index contributed by atoms with van der Waals surface area (Å²) in [5.74, 6) is 1.36. The fraction of sp³-hybridized carbons (Fsp3) is 0.261. The van der Waals surface area contributed by atoms with E-state index in [2.05, 4.69) is 10.1 Å². The third-order valence-corrected chi connectivity index (χ3v) is 6.99. The number of aromatic nitrogens is 3. The Bertz CT molecular complexity index is 1160. The first-order valence-corrected chi connectivity index (χ1v) is 12.0. The normalized spacial score (nSPS) is 11.1.